The van der Waals surface area contributed by atoms with Crippen LogP contribution in [0.5, 0.6) is 0 Å². The molecule has 0 saturated carbocycles. The Labute approximate surface area is 118 Å². The van der Waals surface area contributed by atoms with E-state index in [0.717, 1.165) is 18.9 Å². The van der Waals surface area contributed by atoms with E-state index in [9.17, 15) is 23.3 Å². The molecule has 0 N–H and O–H groups in total. The minimum atomic E-state index is -4.63. The van der Waals surface area contributed by atoms with Gasteiger partial charge in [0.15, 0.2) is 5.52 Å². The highest BCUT2D eigenvalue weighted by Crippen LogP contribution is 2.36. The number of hydrogen-bond donors (Lipinski definition) is 0. The molecule has 8 heteroatoms. The number of nitro benzene ring substituents is 1. The number of alkyl halides is 3. The van der Waals surface area contributed by atoms with E-state index in [4.69, 9.17) is 0 Å². The Kier molecular flexibility index (Phi) is 3.89. The monoisotopic (exact) mass is 301 g/mol. The summed E-state index contributed by atoms with van der Waals surface area (Å²) in [5.74, 6) is 0.473. The van der Waals surface area contributed by atoms with Gasteiger partial charge in [0.1, 0.15) is 5.82 Å². The second kappa shape index (κ2) is 5.34. The van der Waals surface area contributed by atoms with Gasteiger partial charge in [-0.25, -0.2) is 4.98 Å². The Hall–Kier alpha value is -2.12. The first kappa shape index (κ1) is 15.3. The number of aryl methyl sites for hydroxylation is 2. The number of hydrogen-bond acceptors (Lipinski definition) is 3. The van der Waals surface area contributed by atoms with Crippen LogP contribution < -0.4 is 0 Å². The summed E-state index contributed by atoms with van der Waals surface area (Å²) in [7, 11) is 0. The molecule has 0 radical (unpaired) electrons. The number of rotatable bonds is 4. The maximum Gasteiger partial charge on any atom is 0.416 e. The fraction of sp³-hybridized carbons (Fsp3) is 0.462. The van der Waals surface area contributed by atoms with E-state index < -0.39 is 22.4 Å². The van der Waals surface area contributed by atoms with E-state index in [0.29, 0.717) is 18.4 Å². The second-order valence-corrected chi connectivity index (χ2v) is 4.78. The lowest BCUT2D eigenvalue weighted by molar-refractivity contribution is -0.383. The smallest absolute Gasteiger partial charge is 0.328 e. The van der Waals surface area contributed by atoms with Crippen molar-refractivity contribution < 1.29 is 18.1 Å². The molecule has 2 aromatic rings. The Morgan fingerprint density at radius 2 is 2.05 bits per heavy atom. The zero-order valence-corrected chi connectivity index (χ0v) is 11.6. The van der Waals surface area contributed by atoms with E-state index in [1.165, 1.54) is 0 Å². The minimum Gasteiger partial charge on any atom is -0.328 e. The van der Waals surface area contributed by atoms with Crippen molar-refractivity contribution in [2.45, 2.75) is 39.4 Å². The molecule has 0 amide bonds. The van der Waals surface area contributed by atoms with Crippen LogP contribution in [0.4, 0.5) is 18.9 Å². The molecule has 0 unspecified atom stereocenters. The van der Waals surface area contributed by atoms with E-state index >= 15 is 0 Å². The highest BCUT2D eigenvalue weighted by molar-refractivity contribution is 5.86. The van der Waals surface area contributed by atoms with Gasteiger partial charge in [0.05, 0.1) is 16.0 Å². The van der Waals surface area contributed by atoms with Gasteiger partial charge in [-0.05, 0) is 19.4 Å². The van der Waals surface area contributed by atoms with Crippen molar-refractivity contribution in [2.75, 3.05) is 0 Å². The summed E-state index contributed by atoms with van der Waals surface area (Å²) in [6, 6.07) is 1.47. The lowest BCUT2D eigenvalue weighted by Crippen LogP contribution is -2.07. The van der Waals surface area contributed by atoms with Crippen LogP contribution in [0.1, 0.15) is 31.2 Å². The summed E-state index contributed by atoms with van der Waals surface area (Å²) in [4.78, 5) is 14.3. The molecule has 5 nitrogen and oxygen atoms in total. The van der Waals surface area contributed by atoms with Crippen molar-refractivity contribution in [3.8, 4) is 0 Å². The highest BCUT2D eigenvalue weighted by atomic mass is 19.4. The van der Waals surface area contributed by atoms with Crippen molar-refractivity contribution >= 4 is 16.7 Å². The van der Waals surface area contributed by atoms with Gasteiger partial charge in [0, 0.05) is 12.6 Å². The van der Waals surface area contributed by atoms with E-state index in [-0.39, 0.29) is 11.0 Å². The summed E-state index contributed by atoms with van der Waals surface area (Å²) in [6.45, 7) is 4.07. The standard InChI is InChI=1S/C13H14F3N3O2/c1-3-4-5-18-8(2)17-12-10(18)6-9(13(14,15)16)7-11(12)19(20)21/h6-7H,3-5H2,1-2H3. The van der Waals surface area contributed by atoms with Crippen molar-refractivity contribution in [1.82, 2.24) is 9.55 Å². The molecule has 0 aliphatic heterocycles. The molecule has 2 rings (SSSR count). The largest absolute Gasteiger partial charge is 0.416 e. The van der Waals surface area contributed by atoms with Crippen LogP contribution in [-0.2, 0) is 12.7 Å². The predicted molar refractivity (Wildman–Crippen MR) is 71.0 cm³/mol. The quantitative estimate of drug-likeness (QED) is 0.631. The van der Waals surface area contributed by atoms with E-state index in [1.54, 1.807) is 11.5 Å². The molecule has 1 aromatic heterocycles. The lowest BCUT2D eigenvalue weighted by atomic mass is 10.1. The maximum absolute atomic E-state index is 12.9. The van der Waals surface area contributed by atoms with Crippen LogP contribution in [0.3, 0.4) is 0 Å². The third-order valence-electron chi connectivity index (χ3n) is 3.28. The van der Waals surface area contributed by atoms with E-state index in [1.807, 2.05) is 6.92 Å². The van der Waals surface area contributed by atoms with Gasteiger partial charge in [-0.15, -0.1) is 0 Å². The number of nitro groups is 1. The van der Waals surface area contributed by atoms with Gasteiger partial charge in [-0.1, -0.05) is 13.3 Å². The first-order valence-electron chi connectivity index (χ1n) is 6.48. The molecule has 0 spiro atoms. The van der Waals surface area contributed by atoms with Crippen molar-refractivity contribution in [1.29, 1.82) is 0 Å². The second-order valence-electron chi connectivity index (χ2n) is 4.78. The number of unbranched alkanes of at least 4 members (excludes halogenated alkanes) is 1. The number of non-ortho nitro benzene ring substituents is 1. The molecular formula is C13H14F3N3O2. The SMILES string of the molecule is CCCCn1c(C)nc2c([N+](=O)[O-])cc(C(F)(F)F)cc21. The minimum absolute atomic E-state index is 0.00148. The van der Waals surface area contributed by atoms with Crippen molar-refractivity contribution in [3.05, 3.63) is 33.6 Å². The predicted octanol–water partition coefficient (Wildman–Crippen LogP) is 4.07. The molecule has 0 atom stereocenters. The van der Waals surface area contributed by atoms with Gasteiger partial charge in [-0.2, -0.15) is 13.2 Å². The number of fused-ring (bicyclic) bond motifs is 1. The molecule has 0 aliphatic carbocycles. The average Bonchev–Trinajstić information content (AvgIpc) is 2.69. The normalized spacial score (nSPS) is 12.0. The van der Waals surface area contributed by atoms with Crippen molar-refractivity contribution in [3.63, 3.8) is 0 Å². The van der Waals surface area contributed by atoms with Gasteiger partial charge in [0.2, 0.25) is 0 Å². The van der Waals surface area contributed by atoms with Gasteiger partial charge in [-0.3, -0.25) is 10.1 Å². The molecule has 0 bridgehead atoms. The van der Waals surface area contributed by atoms with Crippen LogP contribution >= 0.6 is 0 Å². The van der Waals surface area contributed by atoms with Crippen LogP contribution in [-0.4, -0.2) is 14.5 Å². The first-order chi connectivity index (χ1) is 9.75. The summed E-state index contributed by atoms with van der Waals surface area (Å²) in [6.07, 6.45) is -3.01. The summed E-state index contributed by atoms with van der Waals surface area (Å²) >= 11 is 0. The third-order valence-corrected chi connectivity index (χ3v) is 3.28. The highest BCUT2D eigenvalue weighted by Gasteiger charge is 2.34. The number of nitrogens with zero attached hydrogens (tertiary/aromatic N) is 3. The zero-order valence-electron chi connectivity index (χ0n) is 11.6. The maximum atomic E-state index is 12.9. The molecule has 0 saturated heterocycles. The Morgan fingerprint density at radius 1 is 1.38 bits per heavy atom. The molecule has 0 fully saturated rings. The van der Waals surface area contributed by atoms with Crippen molar-refractivity contribution in [2.24, 2.45) is 0 Å². The molecule has 1 aromatic carbocycles. The Bertz CT molecular complexity index is 692. The Morgan fingerprint density at radius 3 is 2.57 bits per heavy atom. The third kappa shape index (κ3) is 2.84. The van der Waals surface area contributed by atoms with Crippen LogP contribution in [0, 0.1) is 17.0 Å². The van der Waals surface area contributed by atoms with Gasteiger partial charge in [0.25, 0.3) is 5.69 Å². The van der Waals surface area contributed by atoms with Crippen LogP contribution in [0.2, 0.25) is 0 Å². The molecular weight excluding hydrogens is 287 g/mol. The first-order valence-corrected chi connectivity index (χ1v) is 6.48. The lowest BCUT2D eigenvalue weighted by Gasteiger charge is -2.09. The van der Waals surface area contributed by atoms with Crippen LogP contribution in [0.15, 0.2) is 12.1 Å². The number of halogens is 3. The Balaban J connectivity index is 2.74. The molecule has 114 valence electrons. The summed E-state index contributed by atoms with van der Waals surface area (Å²) in [5.41, 5.74) is -1.48. The number of aromatic nitrogens is 2. The fourth-order valence-corrected chi connectivity index (χ4v) is 2.22. The molecule has 0 aliphatic rings. The average molecular weight is 301 g/mol. The van der Waals surface area contributed by atoms with E-state index in [2.05, 4.69) is 4.98 Å². The van der Waals surface area contributed by atoms with Crippen LogP contribution in [0.25, 0.3) is 11.0 Å². The number of benzene rings is 1. The molecule has 1 heterocycles. The van der Waals surface area contributed by atoms with Gasteiger partial charge < -0.3 is 4.57 Å². The number of imidazole rings is 1. The summed E-state index contributed by atoms with van der Waals surface area (Å²) < 4.78 is 40.3. The zero-order chi connectivity index (χ0) is 15.8. The fourth-order valence-electron chi connectivity index (χ4n) is 2.22. The molecule has 21 heavy (non-hydrogen) atoms. The topological polar surface area (TPSA) is 61.0 Å². The van der Waals surface area contributed by atoms with Gasteiger partial charge >= 0.3 is 6.18 Å². The summed E-state index contributed by atoms with van der Waals surface area (Å²) in [5, 5.41) is 11.0.